The lowest BCUT2D eigenvalue weighted by Crippen LogP contribution is -2.12. The van der Waals surface area contributed by atoms with Gasteiger partial charge in [-0.05, 0) is 32.2 Å². The summed E-state index contributed by atoms with van der Waals surface area (Å²) in [6.07, 6.45) is 4.27. The molecule has 0 aliphatic heterocycles. The number of hydrogen-bond acceptors (Lipinski definition) is 5. The highest BCUT2D eigenvalue weighted by molar-refractivity contribution is 4.42. The van der Waals surface area contributed by atoms with Gasteiger partial charge in [-0.3, -0.25) is 0 Å². The first kappa shape index (κ1) is 16.8. The van der Waals surface area contributed by atoms with Gasteiger partial charge < -0.3 is 25.7 Å². The Morgan fingerprint density at radius 3 is 1.59 bits per heavy atom. The average molecular weight is 248 g/mol. The van der Waals surface area contributed by atoms with E-state index in [1.165, 1.54) is 0 Å². The molecule has 5 heteroatoms. The van der Waals surface area contributed by atoms with Gasteiger partial charge in [-0.2, -0.15) is 0 Å². The third kappa shape index (κ3) is 15.8. The van der Waals surface area contributed by atoms with Gasteiger partial charge in [-0.25, -0.2) is 0 Å². The lowest BCUT2D eigenvalue weighted by atomic mass is 10.2. The lowest BCUT2D eigenvalue weighted by Gasteiger charge is -2.05. The standard InChI is InChI=1S/C12H28N2O3/c13-5-4-9-15-7-2-1-3-8-16-11-12-17-10-6-14/h1-14H2. The summed E-state index contributed by atoms with van der Waals surface area (Å²) in [5.41, 5.74) is 10.6. The molecule has 0 aromatic rings. The van der Waals surface area contributed by atoms with Crippen LogP contribution in [-0.2, 0) is 14.2 Å². The molecule has 0 unspecified atom stereocenters. The topological polar surface area (TPSA) is 79.7 Å². The Morgan fingerprint density at radius 2 is 1.00 bits per heavy atom. The summed E-state index contributed by atoms with van der Waals surface area (Å²) in [7, 11) is 0. The van der Waals surface area contributed by atoms with Crippen LogP contribution in [0.1, 0.15) is 25.7 Å². The molecule has 4 N–H and O–H groups in total. The number of rotatable bonds is 14. The van der Waals surface area contributed by atoms with E-state index in [0.717, 1.165) is 45.5 Å². The maximum atomic E-state index is 5.40. The third-order valence-corrected chi connectivity index (χ3v) is 2.20. The zero-order valence-corrected chi connectivity index (χ0v) is 10.9. The minimum absolute atomic E-state index is 0.574. The fourth-order valence-corrected chi connectivity index (χ4v) is 1.28. The Balaban J connectivity index is 2.85. The summed E-state index contributed by atoms with van der Waals surface area (Å²) in [5, 5.41) is 0. The second-order valence-electron chi connectivity index (χ2n) is 3.83. The fraction of sp³-hybridized carbons (Fsp3) is 1.00. The minimum atomic E-state index is 0.574. The second-order valence-corrected chi connectivity index (χ2v) is 3.83. The average Bonchev–Trinajstić information content (AvgIpc) is 2.35. The van der Waals surface area contributed by atoms with Crippen molar-refractivity contribution in [1.29, 1.82) is 0 Å². The summed E-state index contributed by atoms with van der Waals surface area (Å²) in [6.45, 7) is 5.61. The highest BCUT2D eigenvalue weighted by Crippen LogP contribution is 1.97. The molecule has 17 heavy (non-hydrogen) atoms. The molecule has 0 spiro atoms. The molecule has 0 aromatic heterocycles. The van der Waals surface area contributed by atoms with Crippen molar-refractivity contribution in [3.05, 3.63) is 0 Å². The van der Waals surface area contributed by atoms with Gasteiger partial charge in [0.15, 0.2) is 0 Å². The molecule has 0 fully saturated rings. The van der Waals surface area contributed by atoms with Crippen molar-refractivity contribution in [3.8, 4) is 0 Å². The van der Waals surface area contributed by atoms with E-state index in [9.17, 15) is 0 Å². The molecule has 0 rings (SSSR count). The van der Waals surface area contributed by atoms with E-state index in [0.29, 0.717) is 32.9 Å². The quantitative estimate of drug-likeness (QED) is 0.438. The van der Waals surface area contributed by atoms with Crippen LogP contribution in [0.15, 0.2) is 0 Å². The second kappa shape index (κ2) is 15.8. The maximum absolute atomic E-state index is 5.40. The molecular formula is C12H28N2O3. The Kier molecular flexibility index (Phi) is 15.6. The van der Waals surface area contributed by atoms with E-state index in [1.807, 2.05) is 0 Å². The molecule has 0 bridgehead atoms. The first-order valence-corrected chi connectivity index (χ1v) is 6.55. The number of nitrogens with two attached hydrogens (primary N) is 2. The van der Waals surface area contributed by atoms with E-state index in [2.05, 4.69) is 0 Å². The molecule has 0 saturated carbocycles. The molecular weight excluding hydrogens is 220 g/mol. The van der Waals surface area contributed by atoms with Crippen molar-refractivity contribution in [2.24, 2.45) is 11.5 Å². The summed E-state index contributed by atoms with van der Waals surface area (Å²) < 4.78 is 16.0. The maximum Gasteiger partial charge on any atom is 0.0701 e. The highest BCUT2D eigenvalue weighted by atomic mass is 16.5. The van der Waals surface area contributed by atoms with E-state index in [1.54, 1.807) is 0 Å². The first-order valence-electron chi connectivity index (χ1n) is 6.55. The van der Waals surface area contributed by atoms with E-state index in [-0.39, 0.29) is 0 Å². The molecule has 0 aromatic carbocycles. The van der Waals surface area contributed by atoms with Crippen LogP contribution in [-0.4, -0.2) is 52.7 Å². The Labute approximate surface area is 105 Å². The van der Waals surface area contributed by atoms with Crippen molar-refractivity contribution in [2.45, 2.75) is 25.7 Å². The van der Waals surface area contributed by atoms with Crippen LogP contribution in [0, 0.1) is 0 Å². The van der Waals surface area contributed by atoms with Crippen LogP contribution >= 0.6 is 0 Å². The number of ether oxygens (including phenoxy) is 3. The summed E-state index contributed by atoms with van der Waals surface area (Å²) >= 11 is 0. The Hall–Kier alpha value is -0.200. The van der Waals surface area contributed by atoms with E-state index < -0.39 is 0 Å². The molecule has 0 aliphatic rings. The predicted molar refractivity (Wildman–Crippen MR) is 69.0 cm³/mol. The van der Waals surface area contributed by atoms with Crippen LogP contribution in [0.25, 0.3) is 0 Å². The molecule has 0 atom stereocenters. The van der Waals surface area contributed by atoms with Gasteiger partial charge in [0.1, 0.15) is 0 Å². The van der Waals surface area contributed by atoms with Crippen molar-refractivity contribution >= 4 is 0 Å². The van der Waals surface area contributed by atoms with Gasteiger partial charge in [0.2, 0.25) is 0 Å². The SMILES string of the molecule is NCCCOCCCCCOCCOCCN. The summed E-state index contributed by atoms with van der Waals surface area (Å²) in [6, 6.07) is 0. The number of hydrogen-bond donors (Lipinski definition) is 2. The summed E-state index contributed by atoms with van der Waals surface area (Å²) in [5.74, 6) is 0. The smallest absolute Gasteiger partial charge is 0.0701 e. The van der Waals surface area contributed by atoms with Gasteiger partial charge >= 0.3 is 0 Å². The Bertz CT molecular complexity index is 123. The zero-order chi connectivity index (χ0) is 12.6. The molecule has 0 amide bonds. The third-order valence-electron chi connectivity index (χ3n) is 2.20. The van der Waals surface area contributed by atoms with E-state index in [4.69, 9.17) is 25.7 Å². The number of unbranched alkanes of at least 4 members (excludes halogenated alkanes) is 2. The molecule has 0 aliphatic carbocycles. The highest BCUT2D eigenvalue weighted by Gasteiger charge is 1.92. The van der Waals surface area contributed by atoms with Crippen molar-refractivity contribution in [3.63, 3.8) is 0 Å². The van der Waals surface area contributed by atoms with Crippen LogP contribution in [0.4, 0.5) is 0 Å². The normalized spacial score (nSPS) is 10.9. The van der Waals surface area contributed by atoms with Gasteiger partial charge in [0, 0.05) is 26.4 Å². The van der Waals surface area contributed by atoms with Gasteiger partial charge in [0.25, 0.3) is 0 Å². The Morgan fingerprint density at radius 1 is 0.471 bits per heavy atom. The molecule has 0 heterocycles. The zero-order valence-electron chi connectivity index (χ0n) is 10.9. The minimum Gasteiger partial charge on any atom is -0.381 e. The largest absolute Gasteiger partial charge is 0.381 e. The van der Waals surface area contributed by atoms with Crippen LogP contribution in [0.3, 0.4) is 0 Å². The van der Waals surface area contributed by atoms with Crippen molar-refractivity contribution < 1.29 is 14.2 Å². The molecule has 0 radical (unpaired) electrons. The predicted octanol–water partition coefficient (Wildman–Crippen LogP) is 0.514. The van der Waals surface area contributed by atoms with Crippen LogP contribution in [0.5, 0.6) is 0 Å². The van der Waals surface area contributed by atoms with Crippen LogP contribution < -0.4 is 11.5 Å². The van der Waals surface area contributed by atoms with Gasteiger partial charge in [-0.1, -0.05) is 0 Å². The lowest BCUT2D eigenvalue weighted by molar-refractivity contribution is 0.0482. The summed E-state index contributed by atoms with van der Waals surface area (Å²) in [4.78, 5) is 0. The van der Waals surface area contributed by atoms with Crippen molar-refractivity contribution in [1.82, 2.24) is 0 Å². The fourth-order valence-electron chi connectivity index (χ4n) is 1.28. The molecule has 5 nitrogen and oxygen atoms in total. The van der Waals surface area contributed by atoms with E-state index >= 15 is 0 Å². The monoisotopic (exact) mass is 248 g/mol. The molecule has 104 valence electrons. The first-order chi connectivity index (χ1) is 8.41. The van der Waals surface area contributed by atoms with Crippen molar-refractivity contribution in [2.75, 3.05) is 52.7 Å². The van der Waals surface area contributed by atoms with Gasteiger partial charge in [0.05, 0.1) is 19.8 Å². The van der Waals surface area contributed by atoms with Crippen LogP contribution in [0.2, 0.25) is 0 Å². The van der Waals surface area contributed by atoms with Gasteiger partial charge in [-0.15, -0.1) is 0 Å². The molecule has 0 saturated heterocycles.